The van der Waals surface area contributed by atoms with E-state index in [0.29, 0.717) is 36.4 Å². The van der Waals surface area contributed by atoms with Crippen molar-refractivity contribution in [1.82, 2.24) is 5.32 Å². The molecule has 0 radical (unpaired) electrons. The monoisotopic (exact) mass is 723 g/mol. The first-order chi connectivity index (χ1) is 23.8. The van der Waals surface area contributed by atoms with E-state index in [0.717, 1.165) is 62.5 Å². The van der Waals surface area contributed by atoms with E-state index in [9.17, 15) is 24.6 Å². The number of ketones is 1. The number of hydrogen-bond acceptors (Lipinski definition) is 6. The van der Waals surface area contributed by atoms with Gasteiger partial charge in [-0.3, -0.25) is 14.4 Å². The van der Waals surface area contributed by atoms with Crippen LogP contribution in [0.2, 0.25) is 5.02 Å². The first-order valence-corrected chi connectivity index (χ1v) is 20.0. The predicted molar refractivity (Wildman–Crippen MR) is 200 cm³/mol. The summed E-state index contributed by atoms with van der Waals surface area (Å²) in [5.41, 5.74) is 1.73. The SMILES string of the molecule is CC(C)C1=C2[C@H]3CC[C@@H]4[C@@]5(C)CC[C@H](OC(=O)CC(C)(C)C(=O)O)[C@H](C)[C@@H]5CC[C@@]4(C)[C@]3(C)CC[C@@]2([C@H](O)CNCc2ccccc2Cl)CC1=O. The van der Waals surface area contributed by atoms with E-state index >= 15 is 0 Å². The third-order valence-electron chi connectivity index (χ3n) is 15.7. The topological polar surface area (TPSA) is 113 Å². The van der Waals surface area contributed by atoms with Gasteiger partial charge in [-0.25, -0.2) is 0 Å². The maximum Gasteiger partial charge on any atom is 0.309 e. The maximum absolute atomic E-state index is 14.0. The van der Waals surface area contributed by atoms with Gasteiger partial charge < -0.3 is 20.3 Å². The molecule has 5 aliphatic carbocycles. The summed E-state index contributed by atoms with van der Waals surface area (Å²) >= 11 is 6.44. The molecule has 8 heteroatoms. The van der Waals surface area contributed by atoms with Gasteiger partial charge in [0, 0.05) is 29.9 Å². The van der Waals surface area contributed by atoms with Crippen molar-refractivity contribution >= 4 is 29.3 Å². The Morgan fingerprint density at radius 3 is 2.39 bits per heavy atom. The summed E-state index contributed by atoms with van der Waals surface area (Å²) in [6.45, 7) is 18.3. The van der Waals surface area contributed by atoms with Crippen molar-refractivity contribution in [2.45, 2.75) is 138 Å². The largest absolute Gasteiger partial charge is 0.481 e. The molecule has 10 atom stereocenters. The van der Waals surface area contributed by atoms with Crippen LogP contribution in [0.3, 0.4) is 0 Å². The van der Waals surface area contributed by atoms with Gasteiger partial charge in [-0.15, -0.1) is 0 Å². The number of aliphatic carboxylic acids is 1. The first kappa shape index (κ1) is 38.5. The van der Waals surface area contributed by atoms with E-state index in [-0.39, 0.29) is 52.3 Å². The van der Waals surface area contributed by atoms with E-state index in [1.165, 1.54) is 5.57 Å². The number of rotatable bonds is 10. The fourth-order valence-corrected chi connectivity index (χ4v) is 12.9. The lowest BCUT2D eigenvalue weighted by atomic mass is 9.34. The average Bonchev–Trinajstić information content (AvgIpc) is 3.36. The highest BCUT2D eigenvalue weighted by molar-refractivity contribution is 6.31. The Kier molecular flexibility index (Phi) is 10.2. The third-order valence-corrected chi connectivity index (χ3v) is 16.1. The second-order valence-electron chi connectivity index (χ2n) is 18.9. The van der Waals surface area contributed by atoms with Crippen LogP contribution in [-0.2, 0) is 25.7 Å². The predicted octanol–water partition coefficient (Wildman–Crippen LogP) is 8.79. The number of ether oxygens (including phenoxy) is 1. The lowest BCUT2D eigenvalue weighted by molar-refractivity contribution is -0.218. The smallest absolute Gasteiger partial charge is 0.309 e. The molecular weight excluding hydrogens is 662 g/mol. The molecule has 3 N–H and O–H groups in total. The lowest BCUT2D eigenvalue weighted by Crippen LogP contribution is -2.65. The molecule has 0 aromatic heterocycles. The van der Waals surface area contributed by atoms with Crippen molar-refractivity contribution in [3.8, 4) is 0 Å². The molecule has 0 aliphatic heterocycles. The number of esters is 1. The minimum Gasteiger partial charge on any atom is -0.481 e. The number of aliphatic hydroxyl groups excluding tert-OH is 1. The number of carbonyl (C=O) groups is 3. The molecule has 4 saturated carbocycles. The van der Waals surface area contributed by atoms with Crippen molar-refractivity contribution in [1.29, 1.82) is 0 Å². The number of carbonyl (C=O) groups excluding carboxylic acids is 2. The van der Waals surface area contributed by atoms with Crippen LogP contribution < -0.4 is 5.32 Å². The maximum atomic E-state index is 14.0. The van der Waals surface area contributed by atoms with Crippen LogP contribution in [0.4, 0.5) is 0 Å². The summed E-state index contributed by atoms with van der Waals surface area (Å²) in [4.78, 5) is 38.6. The van der Waals surface area contributed by atoms with Crippen LogP contribution in [0.5, 0.6) is 0 Å². The van der Waals surface area contributed by atoms with Crippen molar-refractivity contribution in [2.24, 2.45) is 56.7 Å². The van der Waals surface area contributed by atoms with Gasteiger partial charge in [-0.2, -0.15) is 0 Å². The molecule has 0 saturated heterocycles. The van der Waals surface area contributed by atoms with Gasteiger partial charge >= 0.3 is 11.9 Å². The molecule has 0 unspecified atom stereocenters. The number of carboxylic acids is 1. The summed E-state index contributed by atoms with van der Waals surface area (Å²) in [6, 6.07) is 7.79. The van der Waals surface area contributed by atoms with Crippen LogP contribution >= 0.6 is 11.6 Å². The van der Waals surface area contributed by atoms with Gasteiger partial charge in [0.05, 0.1) is 17.9 Å². The molecule has 51 heavy (non-hydrogen) atoms. The fourth-order valence-electron chi connectivity index (χ4n) is 12.7. The van der Waals surface area contributed by atoms with E-state index in [4.69, 9.17) is 16.3 Å². The summed E-state index contributed by atoms with van der Waals surface area (Å²) in [5.74, 6) is 0.310. The average molecular weight is 724 g/mol. The molecule has 0 bridgehead atoms. The zero-order valence-corrected chi connectivity index (χ0v) is 33.0. The molecule has 282 valence electrons. The number of benzene rings is 1. The fraction of sp³-hybridized carbons (Fsp3) is 0.744. The summed E-state index contributed by atoms with van der Waals surface area (Å²) in [5, 5.41) is 25.9. The number of allylic oxidation sites excluding steroid dienone is 1. The van der Waals surface area contributed by atoms with Crippen LogP contribution in [0.25, 0.3) is 0 Å². The molecule has 0 heterocycles. The van der Waals surface area contributed by atoms with Gasteiger partial charge in [0.1, 0.15) is 6.10 Å². The molecule has 4 fully saturated rings. The lowest BCUT2D eigenvalue weighted by Gasteiger charge is -2.71. The molecule has 7 nitrogen and oxygen atoms in total. The summed E-state index contributed by atoms with van der Waals surface area (Å²) in [6.07, 6.45) is 7.28. The van der Waals surface area contributed by atoms with Gasteiger partial charge in [-0.1, -0.05) is 76.9 Å². The minimum absolute atomic E-state index is 0.00678. The Balaban J connectivity index is 1.24. The Bertz CT molecular complexity index is 1590. The molecule has 5 aliphatic rings. The Labute approximate surface area is 310 Å². The van der Waals surface area contributed by atoms with Gasteiger partial charge in [0.2, 0.25) is 0 Å². The van der Waals surface area contributed by atoms with Crippen LogP contribution in [0.1, 0.15) is 125 Å². The molecule has 0 spiro atoms. The quantitative estimate of drug-likeness (QED) is 0.207. The third kappa shape index (κ3) is 6.13. The van der Waals surface area contributed by atoms with Crippen LogP contribution in [0.15, 0.2) is 35.4 Å². The van der Waals surface area contributed by atoms with Gasteiger partial charge in [0.25, 0.3) is 0 Å². The highest BCUT2D eigenvalue weighted by Gasteiger charge is 2.69. The highest BCUT2D eigenvalue weighted by Crippen LogP contribution is 2.76. The number of aliphatic hydroxyl groups is 1. The number of Topliss-reactive ketones (excluding diaryl/α,β-unsaturated/α-hetero) is 1. The van der Waals surface area contributed by atoms with E-state index in [1.807, 2.05) is 24.3 Å². The standard InChI is InChI=1S/C43H62ClNO6/c1-25(2)36-31(46)21-43(34(47)24-45-23-27-11-9-10-12-30(27)44)20-19-41(7)29(37(36)43)13-14-33-40(6)17-16-32(26(3)28(40)15-18-42(33,41)8)51-35(48)22-39(4,5)38(49)50/h9-12,25-26,28-29,32-34,45,47H,13-24H2,1-8H3,(H,49,50)/t26-,28+,29-,32+,33-,34-,40+,41-,42-,43+/m1/s1. The van der Waals surface area contributed by atoms with E-state index < -0.39 is 28.9 Å². The van der Waals surface area contributed by atoms with E-state index in [2.05, 4.69) is 46.9 Å². The molecule has 6 rings (SSSR count). The number of carboxylic acid groups (broad SMARTS) is 1. The van der Waals surface area contributed by atoms with Crippen molar-refractivity contribution < 1.29 is 29.3 Å². The number of halogens is 1. The number of fused-ring (bicyclic) bond motifs is 7. The zero-order chi connectivity index (χ0) is 37.3. The van der Waals surface area contributed by atoms with Crippen LogP contribution in [0, 0.1) is 56.7 Å². The normalized spacial score (nSPS) is 38.4. The molecular formula is C43H62ClNO6. The Morgan fingerprint density at radius 2 is 1.73 bits per heavy atom. The molecule has 1 aromatic rings. The molecule has 0 amide bonds. The number of hydrogen-bond donors (Lipinski definition) is 3. The van der Waals surface area contributed by atoms with Crippen molar-refractivity contribution in [3.63, 3.8) is 0 Å². The molecule has 1 aromatic carbocycles. The number of nitrogens with one attached hydrogen (secondary N) is 1. The second kappa shape index (κ2) is 13.6. The van der Waals surface area contributed by atoms with Gasteiger partial charge in [0.15, 0.2) is 5.78 Å². The summed E-state index contributed by atoms with van der Waals surface area (Å²) in [7, 11) is 0. The first-order valence-electron chi connectivity index (χ1n) is 19.7. The van der Waals surface area contributed by atoms with Gasteiger partial charge in [-0.05, 0) is 128 Å². The second-order valence-corrected chi connectivity index (χ2v) is 19.3. The minimum atomic E-state index is -1.15. The van der Waals surface area contributed by atoms with Crippen molar-refractivity contribution in [3.05, 3.63) is 46.0 Å². The Morgan fingerprint density at radius 1 is 1.02 bits per heavy atom. The highest BCUT2D eigenvalue weighted by atomic mass is 35.5. The Hall–Kier alpha value is -2.22. The van der Waals surface area contributed by atoms with E-state index in [1.54, 1.807) is 13.8 Å². The summed E-state index contributed by atoms with van der Waals surface area (Å²) < 4.78 is 6.06. The van der Waals surface area contributed by atoms with Crippen LogP contribution in [-0.4, -0.2) is 46.7 Å². The zero-order valence-electron chi connectivity index (χ0n) is 32.2. The van der Waals surface area contributed by atoms with Crippen molar-refractivity contribution in [2.75, 3.05) is 6.54 Å².